The van der Waals surface area contributed by atoms with Gasteiger partial charge in [-0.3, -0.25) is 0 Å². The summed E-state index contributed by atoms with van der Waals surface area (Å²) in [6.45, 7) is 0. The fourth-order valence-corrected chi connectivity index (χ4v) is 18.0. The van der Waals surface area contributed by atoms with E-state index in [2.05, 4.69) is 497 Å². The molecular weight excluding hydrogens is 1700 g/mol. The molecule has 0 fully saturated rings. The molecule has 0 unspecified atom stereocenters. The molecule has 658 valence electrons. The summed E-state index contributed by atoms with van der Waals surface area (Å²) >= 11 is 0. The second-order valence-electron chi connectivity index (χ2n) is 34.7. The fourth-order valence-electron chi connectivity index (χ4n) is 18.0. The Bertz CT molecular complexity index is 8190. The second-order valence-corrected chi connectivity index (χ2v) is 34.7. The summed E-state index contributed by atoms with van der Waals surface area (Å²) in [5, 5.41) is 4.79. The Morgan fingerprint density at radius 1 is 0.0786 bits per heavy atom. The highest BCUT2D eigenvalue weighted by Crippen LogP contribution is 2.40. The highest BCUT2D eigenvalue weighted by Gasteiger charge is 2.19. The zero-order valence-corrected chi connectivity index (χ0v) is 76.7. The van der Waals surface area contributed by atoms with Crippen molar-refractivity contribution in [3.8, 4) is 213 Å². The summed E-state index contributed by atoms with van der Waals surface area (Å²) in [7, 11) is 0. The molecular formula is C133H91N7. The molecule has 20 aromatic carbocycles. The maximum atomic E-state index is 5.11. The normalized spacial score (nSPS) is 11.0. The van der Waals surface area contributed by atoms with Crippen LogP contribution in [0.3, 0.4) is 0 Å². The smallest absolute Gasteiger partial charge is 0.160 e. The van der Waals surface area contributed by atoms with Gasteiger partial charge in [0.2, 0.25) is 0 Å². The van der Waals surface area contributed by atoms with Crippen LogP contribution >= 0.6 is 0 Å². The Kier molecular flexibility index (Phi) is 25.2. The first-order valence-electron chi connectivity index (χ1n) is 47.3. The van der Waals surface area contributed by atoms with E-state index in [1.54, 1.807) is 0 Å². The van der Waals surface area contributed by atoms with Crippen LogP contribution < -0.4 is 0 Å². The molecule has 24 rings (SSSR count). The lowest BCUT2D eigenvalue weighted by Gasteiger charge is -2.11. The number of aromatic nitrogens is 7. The lowest BCUT2D eigenvalue weighted by atomic mass is 9.97. The van der Waals surface area contributed by atoms with Gasteiger partial charge in [-0.2, -0.15) is 0 Å². The third kappa shape index (κ3) is 20.0. The van der Waals surface area contributed by atoms with Gasteiger partial charge in [-0.1, -0.05) is 485 Å². The number of fused-ring (bicyclic) bond motifs is 2. The van der Waals surface area contributed by atoms with Crippen molar-refractivity contribution in [2.75, 3.05) is 0 Å². The maximum absolute atomic E-state index is 5.11. The predicted octanol–water partition coefficient (Wildman–Crippen LogP) is 34.8. The molecule has 0 spiro atoms. The summed E-state index contributed by atoms with van der Waals surface area (Å²) in [5.74, 6) is 2.13. The lowest BCUT2D eigenvalue weighted by molar-refractivity contribution is 1.18. The van der Waals surface area contributed by atoms with Gasteiger partial charge in [0.15, 0.2) is 17.5 Å². The number of rotatable bonds is 19. The van der Waals surface area contributed by atoms with Gasteiger partial charge in [0.25, 0.3) is 0 Å². The van der Waals surface area contributed by atoms with Crippen LogP contribution in [-0.4, -0.2) is 34.9 Å². The van der Waals surface area contributed by atoms with E-state index in [4.69, 9.17) is 34.9 Å². The van der Waals surface area contributed by atoms with E-state index in [1.165, 1.54) is 99.4 Å². The minimum Gasteiger partial charge on any atom is -0.248 e. The molecule has 0 saturated carbocycles. The van der Waals surface area contributed by atoms with Crippen LogP contribution in [-0.2, 0) is 0 Å². The van der Waals surface area contributed by atoms with Crippen molar-refractivity contribution in [3.63, 3.8) is 0 Å². The number of benzene rings is 20. The van der Waals surface area contributed by atoms with Crippen molar-refractivity contribution in [2.45, 2.75) is 0 Å². The average molecular weight is 1790 g/mol. The van der Waals surface area contributed by atoms with E-state index >= 15 is 0 Å². The molecule has 0 radical (unpaired) electrons. The van der Waals surface area contributed by atoms with E-state index < -0.39 is 0 Å². The van der Waals surface area contributed by atoms with Crippen LogP contribution in [0.15, 0.2) is 552 Å². The van der Waals surface area contributed by atoms with Crippen molar-refractivity contribution in [2.24, 2.45) is 0 Å². The van der Waals surface area contributed by atoms with Gasteiger partial charge in [-0.25, -0.2) is 34.9 Å². The highest BCUT2D eigenvalue weighted by molar-refractivity contribution is 5.91. The summed E-state index contributed by atoms with van der Waals surface area (Å²) in [4.78, 5) is 35.4. The SMILES string of the molecule is c1ccc(-c2ccc(-c3cc(-c4ccc(-c5cccc(-c6ccccc6)c5)cc4)nc(-c4ccc(-c5ccccc5)cc4)n3)cc2)cc1.c1ccc(-c2cccc(-c3ccc(-c4cc(-c5ccc6ccccc6c5)nc(-c5ccc6ccccc6c5)n4)cc3)c2)cc1.c1ccc(-c2cccc(-c3cccc(-c4cccc(-c5ccc(-c6cc(-c7ccccc7)nc(-c7ccccc7)n6)cc5)c4)n3)c2)cc1. The molecule has 0 aliphatic rings. The summed E-state index contributed by atoms with van der Waals surface area (Å²) in [5.41, 5.74) is 37.7. The number of nitrogens with zero attached hydrogens (tertiary/aromatic N) is 7. The molecule has 0 atom stereocenters. The molecule has 7 nitrogen and oxygen atoms in total. The van der Waals surface area contributed by atoms with Gasteiger partial charge in [0.1, 0.15) is 0 Å². The third-order valence-electron chi connectivity index (χ3n) is 25.5. The van der Waals surface area contributed by atoms with Crippen molar-refractivity contribution in [3.05, 3.63) is 552 Å². The number of hydrogen-bond acceptors (Lipinski definition) is 7. The van der Waals surface area contributed by atoms with E-state index in [0.29, 0.717) is 11.6 Å². The molecule has 0 saturated heterocycles. The Morgan fingerprint density at radius 3 is 0.571 bits per heavy atom. The Hall–Kier alpha value is -18.7. The summed E-state index contributed by atoms with van der Waals surface area (Å²) < 4.78 is 0. The van der Waals surface area contributed by atoms with Gasteiger partial charge in [0, 0.05) is 61.2 Å². The van der Waals surface area contributed by atoms with Crippen LogP contribution in [0.4, 0.5) is 0 Å². The molecule has 0 aliphatic heterocycles. The monoisotopic (exact) mass is 1790 g/mol. The standard InChI is InChI=1S/C46H32N2.C45H31N3.C42H28N2/c1-4-11-33(12-5-1)36-19-25-39(26-20-36)44-32-45(48-46(47-44)41-29-23-37(24-30-41)34-13-6-2-7-14-34)40-27-21-38(22-28-40)43-18-10-17-42(31-43)35-15-8-3-9-16-35;1-4-13-32(14-5-1)37-19-10-21-39(29-37)41-23-12-24-42(46-41)40-22-11-20-38(30-40)33-25-27-35(28-26-33)44-31-43(34-15-6-2-7-16-34)47-45(48-44)36-17-8-3-9-18-36;1-2-9-29(10-3-1)36-15-8-16-37(25-36)32-17-21-33(22-18-32)40-28-41(38-23-19-30-11-4-6-13-34(30)26-38)44-42(43-40)39-24-20-31-12-5-7-14-35(31)27-39/h1-32H;1-31H;1-28H. The van der Waals surface area contributed by atoms with Crippen LogP contribution in [0.5, 0.6) is 0 Å². The quantitative estimate of drug-likeness (QED) is 0.0797. The van der Waals surface area contributed by atoms with Crippen LogP contribution in [0.1, 0.15) is 0 Å². The topological polar surface area (TPSA) is 90.2 Å². The van der Waals surface area contributed by atoms with Crippen LogP contribution in [0.2, 0.25) is 0 Å². The van der Waals surface area contributed by atoms with Gasteiger partial charge in [0.05, 0.1) is 45.6 Å². The fraction of sp³-hybridized carbons (Fsp3) is 0. The Labute approximate surface area is 816 Å². The van der Waals surface area contributed by atoms with Gasteiger partial charge >= 0.3 is 0 Å². The van der Waals surface area contributed by atoms with Crippen molar-refractivity contribution < 1.29 is 0 Å². The van der Waals surface area contributed by atoms with E-state index in [9.17, 15) is 0 Å². The first-order chi connectivity index (χ1) is 69.3. The van der Waals surface area contributed by atoms with Gasteiger partial charge in [-0.05, 0) is 177 Å². The first kappa shape index (κ1) is 86.7. The molecule has 0 N–H and O–H groups in total. The maximum Gasteiger partial charge on any atom is 0.160 e. The molecule has 0 amide bonds. The lowest BCUT2D eigenvalue weighted by Crippen LogP contribution is -1.96. The molecule has 140 heavy (non-hydrogen) atoms. The molecule has 0 aliphatic carbocycles. The average Bonchev–Trinajstić information content (AvgIpc) is 0.774. The third-order valence-corrected chi connectivity index (χ3v) is 25.5. The Morgan fingerprint density at radius 2 is 0.250 bits per heavy atom. The minimum atomic E-state index is 0.703. The zero-order chi connectivity index (χ0) is 93.5. The molecule has 4 heterocycles. The minimum absolute atomic E-state index is 0.703. The van der Waals surface area contributed by atoms with Crippen LogP contribution in [0.25, 0.3) is 235 Å². The second kappa shape index (κ2) is 40.6. The summed E-state index contributed by atoms with van der Waals surface area (Å²) in [6, 6.07) is 193. The zero-order valence-electron chi connectivity index (χ0n) is 76.7. The number of pyridine rings is 1. The van der Waals surface area contributed by atoms with E-state index in [-0.39, 0.29) is 0 Å². The molecule has 0 bridgehead atoms. The first-order valence-corrected chi connectivity index (χ1v) is 47.3. The summed E-state index contributed by atoms with van der Waals surface area (Å²) in [6.07, 6.45) is 0. The van der Waals surface area contributed by atoms with Crippen molar-refractivity contribution in [1.82, 2.24) is 34.9 Å². The van der Waals surface area contributed by atoms with Crippen molar-refractivity contribution in [1.29, 1.82) is 0 Å². The Balaban J connectivity index is 0.000000121. The van der Waals surface area contributed by atoms with Gasteiger partial charge < -0.3 is 0 Å². The van der Waals surface area contributed by atoms with Crippen molar-refractivity contribution >= 4 is 21.5 Å². The van der Waals surface area contributed by atoms with E-state index in [0.717, 1.165) is 124 Å². The van der Waals surface area contributed by atoms with Gasteiger partial charge in [-0.15, -0.1) is 0 Å². The van der Waals surface area contributed by atoms with E-state index in [1.807, 2.05) is 54.6 Å². The predicted molar refractivity (Wildman–Crippen MR) is 582 cm³/mol. The van der Waals surface area contributed by atoms with Crippen LogP contribution in [0, 0.1) is 0 Å². The molecule has 4 aromatic heterocycles. The highest BCUT2D eigenvalue weighted by atomic mass is 14.9. The molecule has 24 aromatic rings. The number of hydrogen-bond donors (Lipinski definition) is 0. The molecule has 7 heteroatoms. The largest absolute Gasteiger partial charge is 0.248 e.